The molecule has 7 heteroatoms. The van der Waals surface area contributed by atoms with E-state index in [0.29, 0.717) is 13.0 Å². The molecule has 5 nitrogen and oxygen atoms in total. The van der Waals surface area contributed by atoms with E-state index in [0.717, 1.165) is 50.2 Å². The van der Waals surface area contributed by atoms with Crippen molar-refractivity contribution in [3.63, 3.8) is 0 Å². The summed E-state index contributed by atoms with van der Waals surface area (Å²) in [7, 11) is 1.71. The Hall–Kier alpha value is -1.17. The van der Waals surface area contributed by atoms with Crippen molar-refractivity contribution in [3.05, 3.63) is 24.3 Å². The highest BCUT2D eigenvalue weighted by Crippen LogP contribution is 2.38. The van der Waals surface area contributed by atoms with Crippen molar-refractivity contribution in [2.75, 3.05) is 31.6 Å². The van der Waals surface area contributed by atoms with Crippen LogP contribution < -0.4 is 20.7 Å². The fourth-order valence-corrected chi connectivity index (χ4v) is 4.53. The first-order chi connectivity index (χ1) is 12.7. The van der Waals surface area contributed by atoms with Crippen molar-refractivity contribution in [1.29, 1.82) is 0 Å². The number of hydrogen-bond acceptors (Lipinski definition) is 4. The highest BCUT2D eigenvalue weighted by atomic mass is 35.5. The first-order valence-electron chi connectivity index (χ1n) is 10.0. The molecule has 160 valence electrons. The number of anilines is 1. The molecule has 1 aliphatic heterocycles. The van der Waals surface area contributed by atoms with E-state index < -0.39 is 0 Å². The van der Waals surface area contributed by atoms with Crippen molar-refractivity contribution < 1.29 is 9.53 Å². The number of nitrogens with one attached hydrogen (secondary N) is 1. The predicted molar refractivity (Wildman–Crippen MR) is 120 cm³/mol. The van der Waals surface area contributed by atoms with Gasteiger partial charge in [0.1, 0.15) is 5.75 Å². The molecule has 2 fully saturated rings. The molecule has 1 aromatic carbocycles. The summed E-state index contributed by atoms with van der Waals surface area (Å²) >= 11 is 0. The summed E-state index contributed by atoms with van der Waals surface area (Å²) in [6.45, 7) is 2.51. The fourth-order valence-electron chi connectivity index (χ4n) is 4.53. The Morgan fingerprint density at radius 2 is 1.82 bits per heavy atom. The van der Waals surface area contributed by atoms with Crippen LogP contribution in [0.15, 0.2) is 24.3 Å². The minimum absolute atomic E-state index is 0. The van der Waals surface area contributed by atoms with E-state index in [1.54, 1.807) is 7.11 Å². The zero-order valence-corrected chi connectivity index (χ0v) is 18.5. The zero-order chi connectivity index (χ0) is 18.4. The van der Waals surface area contributed by atoms with Crippen molar-refractivity contribution >= 4 is 36.4 Å². The van der Waals surface area contributed by atoms with Gasteiger partial charge < -0.3 is 20.7 Å². The highest BCUT2D eigenvalue weighted by Gasteiger charge is 2.33. The van der Waals surface area contributed by atoms with E-state index in [2.05, 4.69) is 16.3 Å². The average molecular weight is 432 g/mol. The lowest BCUT2D eigenvalue weighted by molar-refractivity contribution is -0.124. The molecule has 0 radical (unpaired) electrons. The topological polar surface area (TPSA) is 67.6 Å². The lowest BCUT2D eigenvalue weighted by Gasteiger charge is -2.37. The second-order valence-corrected chi connectivity index (χ2v) is 7.94. The first kappa shape index (κ1) is 24.9. The molecule has 0 aromatic heterocycles. The summed E-state index contributed by atoms with van der Waals surface area (Å²) < 4.78 is 5.47. The second kappa shape index (κ2) is 11.7. The number of methoxy groups -OCH3 is 1. The van der Waals surface area contributed by atoms with Gasteiger partial charge in [-0.1, -0.05) is 31.4 Å². The SMILES string of the molecule is COc1ccccc1N1CCC(NC(=O)CC2(CN)CCCCC2)CC1.Cl.Cl. The van der Waals surface area contributed by atoms with Gasteiger partial charge in [0.05, 0.1) is 12.8 Å². The molecule has 1 aliphatic carbocycles. The van der Waals surface area contributed by atoms with E-state index in [9.17, 15) is 4.79 Å². The van der Waals surface area contributed by atoms with Crippen LogP contribution in [0.5, 0.6) is 5.75 Å². The largest absolute Gasteiger partial charge is 0.495 e. The van der Waals surface area contributed by atoms with Crippen molar-refractivity contribution in [2.45, 2.75) is 57.4 Å². The van der Waals surface area contributed by atoms with E-state index in [-0.39, 0.29) is 42.2 Å². The molecule has 1 saturated carbocycles. The molecule has 0 spiro atoms. The number of nitrogens with two attached hydrogens (primary N) is 1. The average Bonchev–Trinajstić information content (AvgIpc) is 2.69. The summed E-state index contributed by atoms with van der Waals surface area (Å²) in [5, 5.41) is 3.27. The predicted octanol–water partition coefficient (Wildman–Crippen LogP) is 3.92. The maximum absolute atomic E-state index is 12.6. The maximum Gasteiger partial charge on any atom is 0.220 e. The number of hydrogen-bond donors (Lipinski definition) is 2. The number of para-hydroxylation sites is 2. The third-order valence-corrected chi connectivity index (χ3v) is 6.17. The zero-order valence-electron chi connectivity index (χ0n) is 16.8. The van der Waals surface area contributed by atoms with Crippen LogP contribution in [0.25, 0.3) is 0 Å². The van der Waals surface area contributed by atoms with E-state index in [1.807, 2.05) is 18.2 Å². The minimum Gasteiger partial charge on any atom is -0.495 e. The Morgan fingerprint density at radius 1 is 1.18 bits per heavy atom. The number of rotatable bonds is 6. The Labute approximate surface area is 181 Å². The van der Waals surface area contributed by atoms with Crippen LogP contribution >= 0.6 is 24.8 Å². The molecule has 1 heterocycles. The Morgan fingerprint density at radius 3 is 2.43 bits per heavy atom. The molecule has 0 atom stereocenters. The molecule has 2 aliphatic rings. The van der Waals surface area contributed by atoms with Gasteiger partial charge in [-0.15, -0.1) is 24.8 Å². The molecule has 3 N–H and O–H groups in total. The van der Waals surface area contributed by atoms with Gasteiger partial charge >= 0.3 is 0 Å². The van der Waals surface area contributed by atoms with Gasteiger partial charge in [-0.3, -0.25) is 4.79 Å². The van der Waals surface area contributed by atoms with Crippen LogP contribution in [0.3, 0.4) is 0 Å². The van der Waals surface area contributed by atoms with Crippen molar-refractivity contribution in [3.8, 4) is 5.75 Å². The highest BCUT2D eigenvalue weighted by molar-refractivity contribution is 5.85. The minimum atomic E-state index is 0. The van der Waals surface area contributed by atoms with Crippen molar-refractivity contribution in [2.24, 2.45) is 11.1 Å². The van der Waals surface area contributed by atoms with Crippen LogP contribution in [0.4, 0.5) is 5.69 Å². The summed E-state index contributed by atoms with van der Waals surface area (Å²) in [5.74, 6) is 1.10. The quantitative estimate of drug-likeness (QED) is 0.715. The molecule has 0 bridgehead atoms. The lowest BCUT2D eigenvalue weighted by atomic mass is 9.71. The molecule has 3 rings (SSSR count). The van der Waals surface area contributed by atoms with Gasteiger partial charge in [0.25, 0.3) is 0 Å². The number of benzene rings is 1. The van der Waals surface area contributed by atoms with Crippen LogP contribution in [0, 0.1) is 5.41 Å². The van der Waals surface area contributed by atoms with Gasteiger partial charge in [-0.25, -0.2) is 0 Å². The number of nitrogens with zero attached hydrogens (tertiary/aromatic N) is 1. The molecule has 0 unspecified atom stereocenters. The number of carbonyl (C=O) groups excluding carboxylic acids is 1. The second-order valence-electron chi connectivity index (χ2n) is 7.94. The van der Waals surface area contributed by atoms with Gasteiger partial charge in [-0.05, 0) is 49.8 Å². The third-order valence-electron chi connectivity index (χ3n) is 6.17. The first-order valence-corrected chi connectivity index (χ1v) is 10.0. The number of amides is 1. The van der Waals surface area contributed by atoms with Gasteiger partial charge in [0.2, 0.25) is 5.91 Å². The number of halogens is 2. The van der Waals surface area contributed by atoms with Crippen LogP contribution in [0.2, 0.25) is 0 Å². The molecule has 1 amide bonds. The Bertz CT molecular complexity index is 601. The standard InChI is InChI=1S/C21H33N3O2.2ClH/c1-26-19-8-4-3-7-18(19)24-13-9-17(10-14-24)23-20(25)15-21(16-22)11-5-2-6-12-21;;/h3-4,7-8,17H,2,5-6,9-16,22H2,1H3,(H,23,25);2*1H. The van der Waals surface area contributed by atoms with E-state index >= 15 is 0 Å². The lowest BCUT2D eigenvalue weighted by Crippen LogP contribution is -2.47. The summed E-state index contributed by atoms with van der Waals surface area (Å²) in [4.78, 5) is 14.9. The molecular weight excluding hydrogens is 397 g/mol. The molecule has 1 saturated heterocycles. The van der Waals surface area contributed by atoms with Gasteiger partial charge in [0, 0.05) is 25.6 Å². The van der Waals surface area contributed by atoms with Gasteiger partial charge in [-0.2, -0.15) is 0 Å². The maximum atomic E-state index is 12.6. The molecular formula is C21H35Cl2N3O2. The monoisotopic (exact) mass is 431 g/mol. The van der Waals surface area contributed by atoms with E-state index in [4.69, 9.17) is 10.5 Å². The Balaban J connectivity index is 0.00000196. The number of carbonyl (C=O) groups is 1. The van der Waals surface area contributed by atoms with Crippen molar-refractivity contribution in [1.82, 2.24) is 5.32 Å². The van der Waals surface area contributed by atoms with Gasteiger partial charge in [0.15, 0.2) is 0 Å². The smallest absolute Gasteiger partial charge is 0.220 e. The summed E-state index contributed by atoms with van der Waals surface area (Å²) in [5.41, 5.74) is 7.22. The third kappa shape index (κ3) is 6.16. The van der Waals surface area contributed by atoms with Crippen LogP contribution in [0.1, 0.15) is 51.4 Å². The summed E-state index contributed by atoms with van der Waals surface area (Å²) in [6.07, 6.45) is 8.44. The fraction of sp³-hybridized carbons (Fsp3) is 0.667. The molecule has 1 aromatic rings. The molecule has 28 heavy (non-hydrogen) atoms. The number of piperidine rings is 1. The summed E-state index contributed by atoms with van der Waals surface area (Å²) in [6, 6.07) is 8.41. The normalized spacial score (nSPS) is 19.1. The number of ether oxygens (including phenoxy) is 1. The van der Waals surface area contributed by atoms with E-state index in [1.165, 1.54) is 19.3 Å². The van der Waals surface area contributed by atoms with Crippen LogP contribution in [-0.4, -0.2) is 38.7 Å². The Kier molecular flexibility index (Phi) is 10.4. The van der Waals surface area contributed by atoms with Crippen LogP contribution in [-0.2, 0) is 4.79 Å².